The minimum absolute atomic E-state index is 0.580. The van der Waals surface area contributed by atoms with Crippen LogP contribution in [0.3, 0.4) is 0 Å². The summed E-state index contributed by atoms with van der Waals surface area (Å²) in [6.07, 6.45) is 3.44. The van der Waals surface area contributed by atoms with Gasteiger partial charge in [-0.15, -0.1) is 11.8 Å². The molecular formula is C12H12N6S. The highest BCUT2D eigenvalue weighted by atomic mass is 32.2. The average molecular weight is 272 g/mol. The molecule has 0 spiro atoms. The van der Waals surface area contributed by atoms with Crippen LogP contribution in [0, 0.1) is 0 Å². The van der Waals surface area contributed by atoms with Crippen LogP contribution in [0.15, 0.2) is 41.7 Å². The van der Waals surface area contributed by atoms with E-state index in [0.29, 0.717) is 5.82 Å². The van der Waals surface area contributed by atoms with Crippen LogP contribution in [0.1, 0.15) is 0 Å². The summed E-state index contributed by atoms with van der Waals surface area (Å²) in [7, 11) is 0. The summed E-state index contributed by atoms with van der Waals surface area (Å²) in [4.78, 5) is 8.44. The van der Waals surface area contributed by atoms with Crippen molar-refractivity contribution in [3.8, 4) is 5.69 Å². The van der Waals surface area contributed by atoms with Crippen molar-refractivity contribution in [1.29, 1.82) is 0 Å². The molecule has 2 heterocycles. The minimum atomic E-state index is 0.580. The van der Waals surface area contributed by atoms with Gasteiger partial charge in [-0.3, -0.25) is 0 Å². The molecule has 0 saturated carbocycles. The zero-order valence-electron chi connectivity index (χ0n) is 10.2. The fourth-order valence-electron chi connectivity index (χ4n) is 1.92. The van der Waals surface area contributed by atoms with Gasteiger partial charge in [0, 0.05) is 0 Å². The first-order valence-corrected chi connectivity index (χ1v) is 6.87. The number of nitrogens with zero attached hydrogens (tertiary/aromatic N) is 4. The van der Waals surface area contributed by atoms with Gasteiger partial charge in [0.25, 0.3) is 0 Å². The lowest BCUT2D eigenvalue weighted by atomic mass is 10.3. The summed E-state index contributed by atoms with van der Waals surface area (Å²) >= 11 is 1.54. The van der Waals surface area contributed by atoms with Crippen LogP contribution >= 0.6 is 11.8 Å². The average Bonchev–Trinajstić information content (AvgIpc) is 2.87. The molecule has 0 aliphatic rings. The number of fused-ring (bicyclic) bond motifs is 1. The van der Waals surface area contributed by atoms with E-state index in [1.54, 1.807) is 4.68 Å². The van der Waals surface area contributed by atoms with Gasteiger partial charge in [-0.2, -0.15) is 5.10 Å². The van der Waals surface area contributed by atoms with Gasteiger partial charge in [0.15, 0.2) is 11.5 Å². The van der Waals surface area contributed by atoms with E-state index in [9.17, 15) is 0 Å². The molecule has 7 heteroatoms. The Balaban J connectivity index is 2.33. The first kappa shape index (κ1) is 11.9. The van der Waals surface area contributed by atoms with Gasteiger partial charge in [-0.25, -0.2) is 20.5 Å². The summed E-state index contributed by atoms with van der Waals surface area (Å²) in [5.41, 5.74) is 4.28. The Bertz CT molecular complexity index is 709. The highest BCUT2D eigenvalue weighted by Gasteiger charge is 2.16. The van der Waals surface area contributed by atoms with Gasteiger partial charge < -0.3 is 5.43 Å². The van der Waals surface area contributed by atoms with Crippen molar-refractivity contribution < 1.29 is 0 Å². The van der Waals surface area contributed by atoms with Gasteiger partial charge in [0.2, 0.25) is 0 Å². The van der Waals surface area contributed by atoms with E-state index in [1.807, 2.05) is 36.6 Å². The number of nitrogen functional groups attached to an aromatic ring is 1. The number of anilines is 1. The van der Waals surface area contributed by atoms with Crippen molar-refractivity contribution in [2.75, 3.05) is 11.7 Å². The molecule has 0 amide bonds. The maximum absolute atomic E-state index is 5.50. The number of benzene rings is 1. The predicted octanol–water partition coefficient (Wildman–Crippen LogP) is 1.82. The van der Waals surface area contributed by atoms with Gasteiger partial charge in [-0.1, -0.05) is 18.2 Å². The minimum Gasteiger partial charge on any atom is -0.308 e. The fraction of sp³-hybridized carbons (Fsp3) is 0.0833. The maximum atomic E-state index is 5.50. The zero-order valence-corrected chi connectivity index (χ0v) is 11.1. The Morgan fingerprint density at radius 3 is 2.68 bits per heavy atom. The first-order valence-electron chi connectivity index (χ1n) is 5.65. The number of rotatable bonds is 3. The fourth-order valence-corrected chi connectivity index (χ4v) is 2.48. The molecule has 0 aliphatic heterocycles. The maximum Gasteiger partial charge on any atom is 0.169 e. The van der Waals surface area contributed by atoms with Crippen LogP contribution in [0.5, 0.6) is 0 Å². The van der Waals surface area contributed by atoms with Crippen LogP contribution in [0.2, 0.25) is 0 Å². The molecule has 0 fully saturated rings. The van der Waals surface area contributed by atoms with Gasteiger partial charge in [-0.05, 0) is 18.4 Å². The van der Waals surface area contributed by atoms with Crippen molar-refractivity contribution in [3.63, 3.8) is 0 Å². The Hall–Kier alpha value is -2.12. The second kappa shape index (κ2) is 4.87. The Morgan fingerprint density at radius 1 is 1.21 bits per heavy atom. The van der Waals surface area contributed by atoms with Crippen molar-refractivity contribution >= 4 is 28.6 Å². The van der Waals surface area contributed by atoms with Crippen LogP contribution in [0.4, 0.5) is 5.82 Å². The number of nitrogens with two attached hydrogens (primary N) is 1. The molecule has 0 saturated heterocycles. The molecular weight excluding hydrogens is 260 g/mol. The SMILES string of the molecule is CSc1nn(-c2ccccc2)c2ncnc(NN)c12. The third-order valence-corrected chi connectivity index (χ3v) is 3.44. The van der Waals surface area contributed by atoms with Gasteiger partial charge >= 0.3 is 0 Å². The summed E-state index contributed by atoms with van der Waals surface area (Å²) in [5, 5.41) is 6.24. The van der Waals surface area contributed by atoms with Crippen LogP contribution in [0.25, 0.3) is 16.7 Å². The summed E-state index contributed by atoms with van der Waals surface area (Å²) in [6.45, 7) is 0. The second-order valence-electron chi connectivity index (χ2n) is 3.82. The summed E-state index contributed by atoms with van der Waals surface area (Å²) in [6, 6.07) is 9.85. The molecule has 3 N–H and O–H groups in total. The standard InChI is InChI=1S/C12H12N6S/c1-19-12-9-10(16-13)14-7-15-11(9)18(17-12)8-5-3-2-4-6-8/h2-7H,13H2,1H3,(H,14,15,16). The third kappa shape index (κ3) is 1.92. The smallest absolute Gasteiger partial charge is 0.169 e. The molecule has 0 aliphatic carbocycles. The lowest BCUT2D eigenvalue weighted by Gasteiger charge is -2.02. The largest absolute Gasteiger partial charge is 0.308 e. The molecule has 96 valence electrons. The number of aromatic nitrogens is 4. The van der Waals surface area contributed by atoms with E-state index in [1.165, 1.54) is 18.1 Å². The summed E-state index contributed by atoms with van der Waals surface area (Å²) < 4.78 is 1.80. The Kier molecular flexibility index (Phi) is 3.06. The van der Waals surface area contributed by atoms with E-state index in [2.05, 4.69) is 20.5 Å². The number of hydrogen-bond donors (Lipinski definition) is 2. The lowest BCUT2D eigenvalue weighted by molar-refractivity contribution is 0.852. The van der Waals surface area contributed by atoms with E-state index < -0.39 is 0 Å². The second-order valence-corrected chi connectivity index (χ2v) is 4.62. The van der Waals surface area contributed by atoms with Gasteiger partial charge in [0.05, 0.1) is 11.1 Å². The molecule has 0 unspecified atom stereocenters. The normalized spacial score (nSPS) is 10.8. The summed E-state index contributed by atoms with van der Waals surface area (Å²) in [5.74, 6) is 6.08. The number of hydrazine groups is 1. The molecule has 0 radical (unpaired) electrons. The van der Waals surface area contributed by atoms with Crippen molar-refractivity contribution in [2.24, 2.45) is 5.84 Å². The lowest BCUT2D eigenvalue weighted by Crippen LogP contribution is -2.09. The van der Waals surface area contributed by atoms with Crippen molar-refractivity contribution in [1.82, 2.24) is 19.7 Å². The number of thioether (sulfide) groups is 1. The molecule has 2 aromatic heterocycles. The Morgan fingerprint density at radius 2 is 2.00 bits per heavy atom. The zero-order chi connectivity index (χ0) is 13.2. The van der Waals surface area contributed by atoms with Crippen molar-refractivity contribution in [2.45, 2.75) is 5.03 Å². The van der Waals surface area contributed by atoms with Crippen LogP contribution in [-0.2, 0) is 0 Å². The molecule has 6 nitrogen and oxygen atoms in total. The topological polar surface area (TPSA) is 81.7 Å². The van der Waals surface area contributed by atoms with E-state index in [-0.39, 0.29) is 0 Å². The number of nitrogens with one attached hydrogen (secondary N) is 1. The van der Waals surface area contributed by atoms with E-state index in [4.69, 9.17) is 5.84 Å². The Labute approximate surface area is 114 Å². The molecule has 3 rings (SSSR count). The first-order chi connectivity index (χ1) is 9.35. The van der Waals surface area contributed by atoms with Crippen molar-refractivity contribution in [3.05, 3.63) is 36.7 Å². The van der Waals surface area contributed by atoms with E-state index in [0.717, 1.165) is 21.7 Å². The number of para-hydroxylation sites is 1. The molecule has 19 heavy (non-hydrogen) atoms. The van der Waals surface area contributed by atoms with E-state index >= 15 is 0 Å². The predicted molar refractivity (Wildman–Crippen MR) is 76.3 cm³/mol. The molecule has 0 bridgehead atoms. The number of hydrogen-bond acceptors (Lipinski definition) is 6. The highest BCUT2D eigenvalue weighted by molar-refractivity contribution is 7.98. The monoisotopic (exact) mass is 272 g/mol. The molecule has 3 aromatic rings. The quantitative estimate of drug-likeness (QED) is 0.430. The van der Waals surface area contributed by atoms with Crippen LogP contribution in [-0.4, -0.2) is 26.0 Å². The third-order valence-electron chi connectivity index (χ3n) is 2.76. The highest BCUT2D eigenvalue weighted by Crippen LogP contribution is 2.30. The molecule has 1 aromatic carbocycles. The van der Waals surface area contributed by atoms with Gasteiger partial charge in [0.1, 0.15) is 11.4 Å². The molecule has 0 atom stereocenters. The van der Waals surface area contributed by atoms with Crippen LogP contribution < -0.4 is 11.3 Å².